The number of sulfone groups is 1. The van der Waals surface area contributed by atoms with Crippen LogP contribution in [0.1, 0.15) is 30.0 Å². The maximum absolute atomic E-state index is 12.3. The number of nitrogens with zero attached hydrogens (tertiary/aromatic N) is 1. The standard InChI is InChI=1S/C18H28N2O4S/c1-5-20(16-8-11-25(22,23)12-16)18(21)19-9-10-24-17-14(3)7-6-13(2)15(17)4/h6-7,16H,5,8-12H2,1-4H3,(H,19,21). The van der Waals surface area contributed by atoms with Gasteiger partial charge >= 0.3 is 6.03 Å². The lowest BCUT2D eigenvalue weighted by atomic mass is 10.1. The van der Waals surface area contributed by atoms with Gasteiger partial charge < -0.3 is 15.0 Å². The Hall–Kier alpha value is -1.76. The van der Waals surface area contributed by atoms with Crippen molar-refractivity contribution in [2.24, 2.45) is 0 Å². The minimum Gasteiger partial charge on any atom is -0.491 e. The number of carbonyl (C=O) groups is 1. The molecule has 1 unspecified atom stereocenters. The third kappa shape index (κ3) is 4.87. The van der Waals surface area contributed by atoms with Crippen molar-refractivity contribution in [2.45, 2.75) is 40.2 Å². The SMILES string of the molecule is CCN(C(=O)NCCOc1c(C)ccc(C)c1C)C1CCS(=O)(=O)C1. The molecule has 0 aliphatic carbocycles. The van der Waals surface area contributed by atoms with Crippen LogP contribution in [0.2, 0.25) is 0 Å². The second kappa shape index (κ2) is 8.08. The zero-order chi connectivity index (χ0) is 18.6. The lowest BCUT2D eigenvalue weighted by Gasteiger charge is -2.27. The van der Waals surface area contributed by atoms with Crippen LogP contribution in [-0.4, -0.2) is 56.6 Å². The first-order valence-electron chi connectivity index (χ1n) is 8.69. The first-order valence-corrected chi connectivity index (χ1v) is 10.5. The topological polar surface area (TPSA) is 75.7 Å². The molecule has 1 fully saturated rings. The largest absolute Gasteiger partial charge is 0.491 e. The lowest BCUT2D eigenvalue weighted by molar-refractivity contribution is 0.181. The highest BCUT2D eigenvalue weighted by molar-refractivity contribution is 7.91. The van der Waals surface area contributed by atoms with E-state index in [1.165, 1.54) is 5.56 Å². The maximum Gasteiger partial charge on any atom is 0.317 e. The van der Waals surface area contributed by atoms with E-state index in [4.69, 9.17) is 4.74 Å². The van der Waals surface area contributed by atoms with Gasteiger partial charge in [-0.2, -0.15) is 0 Å². The highest BCUT2D eigenvalue weighted by Crippen LogP contribution is 2.25. The molecule has 1 aromatic carbocycles. The molecule has 1 aliphatic heterocycles. The van der Waals surface area contributed by atoms with Crippen molar-refractivity contribution < 1.29 is 17.9 Å². The zero-order valence-corrected chi connectivity index (χ0v) is 16.3. The van der Waals surface area contributed by atoms with Crippen molar-refractivity contribution in [3.8, 4) is 5.75 Å². The number of urea groups is 1. The van der Waals surface area contributed by atoms with Crippen LogP contribution in [0.4, 0.5) is 4.79 Å². The van der Waals surface area contributed by atoms with E-state index in [-0.39, 0.29) is 23.6 Å². The van der Waals surface area contributed by atoms with Crippen molar-refractivity contribution in [1.82, 2.24) is 10.2 Å². The molecule has 1 aliphatic rings. The first-order chi connectivity index (χ1) is 11.7. The molecule has 0 radical (unpaired) electrons. The number of hydrogen-bond acceptors (Lipinski definition) is 4. The number of aryl methyl sites for hydroxylation is 2. The number of carbonyl (C=O) groups excluding carboxylic acids is 1. The Morgan fingerprint density at radius 3 is 2.56 bits per heavy atom. The van der Waals surface area contributed by atoms with Gasteiger partial charge in [-0.1, -0.05) is 12.1 Å². The van der Waals surface area contributed by atoms with Crippen molar-refractivity contribution >= 4 is 15.9 Å². The Balaban J connectivity index is 1.85. The second-order valence-corrected chi connectivity index (χ2v) is 8.81. The number of ether oxygens (including phenoxy) is 1. The molecule has 7 heteroatoms. The van der Waals surface area contributed by atoms with Gasteiger partial charge in [-0.05, 0) is 50.8 Å². The maximum atomic E-state index is 12.3. The van der Waals surface area contributed by atoms with Crippen LogP contribution in [0, 0.1) is 20.8 Å². The fourth-order valence-corrected chi connectivity index (χ4v) is 4.88. The summed E-state index contributed by atoms with van der Waals surface area (Å²) in [4.78, 5) is 13.9. The van der Waals surface area contributed by atoms with E-state index < -0.39 is 9.84 Å². The molecule has 140 valence electrons. The summed E-state index contributed by atoms with van der Waals surface area (Å²) in [5.41, 5.74) is 3.35. The average Bonchev–Trinajstić information content (AvgIpc) is 2.91. The summed E-state index contributed by atoms with van der Waals surface area (Å²) in [5, 5.41) is 2.83. The van der Waals surface area contributed by atoms with E-state index in [0.717, 1.165) is 16.9 Å². The van der Waals surface area contributed by atoms with E-state index in [1.54, 1.807) is 4.90 Å². The number of benzene rings is 1. The van der Waals surface area contributed by atoms with E-state index in [0.29, 0.717) is 26.1 Å². The van der Waals surface area contributed by atoms with Gasteiger partial charge in [0, 0.05) is 12.6 Å². The molecule has 2 amide bonds. The third-order valence-electron chi connectivity index (χ3n) is 4.75. The summed E-state index contributed by atoms with van der Waals surface area (Å²) in [6.45, 7) is 9.16. The van der Waals surface area contributed by atoms with E-state index in [1.807, 2.05) is 33.8 Å². The van der Waals surface area contributed by atoms with Gasteiger partial charge in [0.05, 0.1) is 18.1 Å². The van der Waals surface area contributed by atoms with Crippen LogP contribution < -0.4 is 10.1 Å². The molecule has 1 heterocycles. The molecule has 0 saturated carbocycles. The smallest absolute Gasteiger partial charge is 0.317 e. The van der Waals surface area contributed by atoms with Crippen molar-refractivity contribution in [3.05, 3.63) is 28.8 Å². The monoisotopic (exact) mass is 368 g/mol. The molecule has 6 nitrogen and oxygen atoms in total. The Bertz CT molecular complexity index is 731. The summed E-state index contributed by atoms with van der Waals surface area (Å²) in [7, 11) is -3.01. The molecule has 1 N–H and O–H groups in total. The van der Waals surface area contributed by atoms with Crippen LogP contribution in [0.15, 0.2) is 12.1 Å². The third-order valence-corrected chi connectivity index (χ3v) is 6.50. The van der Waals surface area contributed by atoms with Crippen LogP contribution >= 0.6 is 0 Å². The predicted molar refractivity (Wildman–Crippen MR) is 99.0 cm³/mol. The number of rotatable bonds is 6. The van der Waals surface area contributed by atoms with Gasteiger partial charge in [-0.3, -0.25) is 0 Å². The highest BCUT2D eigenvalue weighted by atomic mass is 32.2. The molecule has 0 bridgehead atoms. The number of hydrogen-bond donors (Lipinski definition) is 1. The molecule has 0 spiro atoms. The van der Waals surface area contributed by atoms with Crippen LogP contribution in [-0.2, 0) is 9.84 Å². The van der Waals surface area contributed by atoms with Gasteiger partial charge in [0.2, 0.25) is 0 Å². The normalized spacial score (nSPS) is 18.8. The fraction of sp³-hybridized carbons (Fsp3) is 0.611. The van der Waals surface area contributed by atoms with Gasteiger partial charge in [-0.25, -0.2) is 13.2 Å². The van der Waals surface area contributed by atoms with Crippen molar-refractivity contribution in [3.63, 3.8) is 0 Å². The predicted octanol–water partition coefficient (Wildman–Crippen LogP) is 2.21. The minimum absolute atomic E-state index is 0.0619. The summed E-state index contributed by atoms with van der Waals surface area (Å²) >= 11 is 0. The fourth-order valence-electron chi connectivity index (χ4n) is 3.15. The first kappa shape index (κ1) is 19.6. The molecule has 25 heavy (non-hydrogen) atoms. The van der Waals surface area contributed by atoms with Gasteiger partial charge in [0.15, 0.2) is 9.84 Å². The van der Waals surface area contributed by atoms with Crippen LogP contribution in [0.3, 0.4) is 0 Å². The molecular formula is C18H28N2O4S. The van der Waals surface area contributed by atoms with E-state index in [9.17, 15) is 13.2 Å². The molecule has 0 aromatic heterocycles. The van der Waals surface area contributed by atoms with E-state index in [2.05, 4.69) is 11.4 Å². The summed E-state index contributed by atoms with van der Waals surface area (Å²) < 4.78 is 29.1. The van der Waals surface area contributed by atoms with Crippen LogP contribution in [0.5, 0.6) is 5.75 Å². The second-order valence-electron chi connectivity index (χ2n) is 6.58. The Labute approximate surface area is 150 Å². The van der Waals surface area contributed by atoms with Crippen LogP contribution in [0.25, 0.3) is 0 Å². The molecular weight excluding hydrogens is 340 g/mol. The number of nitrogens with one attached hydrogen (secondary N) is 1. The Morgan fingerprint density at radius 1 is 1.28 bits per heavy atom. The Kier molecular flexibility index (Phi) is 6.32. The molecule has 1 aromatic rings. The van der Waals surface area contributed by atoms with Gasteiger partial charge in [0.25, 0.3) is 0 Å². The zero-order valence-electron chi connectivity index (χ0n) is 15.5. The average molecular weight is 368 g/mol. The minimum atomic E-state index is -3.01. The Morgan fingerprint density at radius 2 is 1.96 bits per heavy atom. The van der Waals surface area contributed by atoms with E-state index >= 15 is 0 Å². The molecule has 2 rings (SSSR count). The van der Waals surface area contributed by atoms with Gasteiger partial charge in [0.1, 0.15) is 12.4 Å². The number of amides is 2. The molecule has 1 saturated heterocycles. The summed E-state index contributed by atoms with van der Waals surface area (Å²) in [5.74, 6) is 1.09. The van der Waals surface area contributed by atoms with Gasteiger partial charge in [-0.15, -0.1) is 0 Å². The lowest BCUT2D eigenvalue weighted by Crippen LogP contribution is -2.47. The highest BCUT2D eigenvalue weighted by Gasteiger charge is 2.33. The van der Waals surface area contributed by atoms with Crippen molar-refractivity contribution in [2.75, 3.05) is 31.2 Å². The molecule has 1 atom stereocenters. The van der Waals surface area contributed by atoms with Crippen molar-refractivity contribution in [1.29, 1.82) is 0 Å². The quantitative estimate of drug-likeness (QED) is 0.781. The summed E-state index contributed by atoms with van der Waals surface area (Å²) in [6.07, 6.45) is 0.516. The summed E-state index contributed by atoms with van der Waals surface area (Å²) in [6, 6.07) is 3.63.